The first-order valence-corrected chi connectivity index (χ1v) is 4.71. The van der Waals surface area contributed by atoms with Gasteiger partial charge in [-0.15, -0.1) is 0 Å². The van der Waals surface area contributed by atoms with Crippen molar-refractivity contribution < 1.29 is 26.3 Å². The molecule has 0 radical (unpaired) electrons. The first-order valence-electron chi connectivity index (χ1n) is 4.71. The Hall–Kier alpha value is -1.20. The maximum absolute atomic E-state index is 13.6. The minimum atomic E-state index is -5.65. The SMILES string of the molecule is Cc1cc(C)cc(C(F)(C(F)F)C(F)(F)F)c1. The molecule has 0 aliphatic heterocycles. The second kappa shape index (κ2) is 4.23. The molecule has 0 amide bonds. The van der Waals surface area contributed by atoms with Gasteiger partial charge in [0.25, 0.3) is 12.1 Å². The number of alkyl halides is 6. The van der Waals surface area contributed by atoms with E-state index in [0.29, 0.717) is 11.1 Å². The molecule has 1 rings (SSSR count). The van der Waals surface area contributed by atoms with Crippen molar-refractivity contribution >= 4 is 0 Å². The average Bonchev–Trinajstić information content (AvgIpc) is 2.12. The minimum Gasteiger partial charge on any atom is -0.222 e. The van der Waals surface area contributed by atoms with Crippen molar-refractivity contribution in [1.29, 1.82) is 0 Å². The molecule has 0 fully saturated rings. The van der Waals surface area contributed by atoms with Crippen molar-refractivity contribution in [2.45, 2.75) is 32.1 Å². The number of hydrogen-bond acceptors (Lipinski definition) is 0. The van der Waals surface area contributed by atoms with Crippen LogP contribution in [-0.2, 0) is 5.67 Å². The molecule has 1 unspecified atom stereocenters. The van der Waals surface area contributed by atoms with Crippen LogP contribution in [0.5, 0.6) is 0 Å². The molecule has 0 spiro atoms. The second-order valence-electron chi connectivity index (χ2n) is 3.89. The predicted molar refractivity (Wildman–Crippen MR) is 50.8 cm³/mol. The zero-order chi connectivity index (χ0) is 13.4. The van der Waals surface area contributed by atoms with Crippen LogP contribution in [0.1, 0.15) is 16.7 Å². The van der Waals surface area contributed by atoms with Gasteiger partial charge in [0.1, 0.15) is 0 Å². The minimum absolute atomic E-state index is 0.298. The summed E-state index contributed by atoms with van der Waals surface area (Å²) < 4.78 is 75.9. The van der Waals surface area contributed by atoms with Crippen LogP contribution >= 0.6 is 0 Å². The van der Waals surface area contributed by atoms with Crippen molar-refractivity contribution in [1.82, 2.24) is 0 Å². The molecule has 0 aliphatic carbocycles. The number of rotatable bonds is 2. The Labute approximate surface area is 94.2 Å². The van der Waals surface area contributed by atoms with Crippen LogP contribution in [0, 0.1) is 13.8 Å². The van der Waals surface area contributed by atoms with Gasteiger partial charge in [0.05, 0.1) is 0 Å². The van der Waals surface area contributed by atoms with Gasteiger partial charge in [0.15, 0.2) is 0 Å². The first kappa shape index (κ1) is 13.9. The quantitative estimate of drug-likeness (QED) is 0.692. The molecule has 0 aromatic heterocycles. The van der Waals surface area contributed by atoms with Crippen molar-refractivity contribution in [3.05, 3.63) is 34.9 Å². The molecule has 6 heteroatoms. The predicted octanol–water partition coefficient (Wildman–Crippen LogP) is 4.30. The fraction of sp³-hybridized carbons (Fsp3) is 0.455. The smallest absolute Gasteiger partial charge is 0.222 e. The number of hydrogen-bond donors (Lipinski definition) is 0. The Morgan fingerprint density at radius 1 is 0.882 bits per heavy atom. The molecule has 0 bridgehead atoms. The molecule has 1 atom stereocenters. The molecule has 0 N–H and O–H groups in total. The topological polar surface area (TPSA) is 0 Å². The van der Waals surface area contributed by atoms with E-state index in [4.69, 9.17) is 0 Å². The van der Waals surface area contributed by atoms with E-state index in [1.165, 1.54) is 19.9 Å². The molecule has 0 saturated carbocycles. The molecule has 17 heavy (non-hydrogen) atoms. The van der Waals surface area contributed by atoms with Gasteiger partial charge in [-0.25, -0.2) is 13.2 Å². The van der Waals surface area contributed by atoms with E-state index in [9.17, 15) is 26.3 Å². The highest BCUT2D eigenvalue weighted by atomic mass is 19.4. The second-order valence-corrected chi connectivity index (χ2v) is 3.89. The molecule has 0 nitrogen and oxygen atoms in total. The van der Waals surface area contributed by atoms with Crippen LogP contribution in [0.2, 0.25) is 0 Å². The van der Waals surface area contributed by atoms with Crippen LogP contribution in [0.25, 0.3) is 0 Å². The average molecular weight is 256 g/mol. The fourth-order valence-corrected chi connectivity index (χ4v) is 1.60. The van der Waals surface area contributed by atoms with Crippen LogP contribution in [0.15, 0.2) is 18.2 Å². The van der Waals surface area contributed by atoms with Gasteiger partial charge < -0.3 is 0 Å². The van der Waals surface area contributed by atoms with Crippen molar-refractivity contribution in [2.75, 3.05) is 0 Å². The highest BCUT2D eigenvalue weighted by molar-refractivity contribution is 5.34. The van der Waals surface area contributed by atoms with Gasteiger partial charge in [-0.05, 0) is 13.8 Å². The lowest BCUT2D eigenvalue weighted by Crippen LogP contribution is -2.44. The maximum atomic E-state index is 13.6. The third-order valence-electron chi connectivity index (χ3n) is 2.36. The standard InChI is InChI=1S/C11H10F6/c1-6-3-7(2)5-8(4-6)10(14,9(12)13)11(15,16)17/h3-5,9H,1-2H3. The maximum Gasteiger partial charge on any atom is 0.432 e. The van der Waals surface area contributed by atoms with Gasteiger partial charge in [-0.1, -0.05) is 29.3 Å². The monoisotopic (exact) mass is 256 g/mol. The lowest BCUT2D eigenvalue weighted by atomic mass is 9.92. The van der Waals surface area contributed by atoms with Crippen LogP contribution < -0.4 is 0 Å². The number of halogens is 6. The molecular formula is C11H10F6. The number of aryl methyl sites for hydroxylation is 2. The van der Waals surface area contributed by atoms with Gasteiger partial charge in [0.2, 0.25) is 0 Å². The van der Waals surface area contributed by atoms with E-state index in [1.807, 2.05) is 0 Å². The summed E-state index contributed by atoms with van der Waals surface area (Å²) in [6.45, 7) is 2.83. The van der Waals surface area contributed by atoms with Crippen molar-refractivity contribution in [3.63, 3.8) is 0 Å². The summed E-state index contributed by atoms with van der Waals surface area (Å²) in [4.78, 5) is 0. The highest BCUT2D eigenvalue weighted by Gasteiger charge is 2.63. The van der Waals surface area contributed by atoms with Crippen LogP contribution in [0.3, 0.4) is 0 Å². The van der Waals surface area contributed by atoms with Gasteiger partial charge >= 0.3 is 6.18 Å². The van der Waals surface area contributed by atoms with E-state index in [2.05, 4.69) is 0 Å². The summed E-state index contributed by atoms with van der Waals surface area (Å²) in [5.74, 6) is 0. The third-order valence-corrected chi connectivity index (χ3v) is 2.36. The van der Waals surface area contributed by atoms with E-state index >= 15 is 0 Å². The zero-order valence-electron chi connectivity index (χ0n) is 9.08. The van der Waals surface area contributed by atoms with E-state index in [1.54, 1.807) is 0 Å². The lowest BCUT2D eigenvalue weighted by Gasteiger charge is -2.28. The van der Waals surface area contributed by atoms with E-state index < -0.39 is 23.8 Å². The molecule has 1 aromatic rings. The molecule has 0 saturated heterocycles. The lowest BCUT2D eigenvalue weighted by molar-refractivity contribution is -0.274. The first-order chi connectivity index (χ1) is 7.59. The van der Waals surface area contributed by atoms with E-state index in [0.717, 1.165) is 12.1 Å². The Morgan fingerprint density at radius 2 is 1.29 bits per heavy atom. The normalized spacial score (nSPS) is 16.1. The number of benzene rings is 1. The molecule has 0 aliphatic rings. The van der Waals surface area contributed by atoms with Crippen LogP contribution in [0.4, 0.5) is 26.3 Å². The van der Waals surface area contributed by atoms with E-state index in [-0.39, 0.29) is 0 Å². The third kappa shape index (κ3) is 2.40. The van der Waals surface area contributed by atoms with Gasteiger partial charge in [-0.3, -0.25) is 0 Å². The summed E-state index contributed by atoms with van der Waals surface area (Å²) in [5.41, 5.74) is -5.08. The fourth-order valence-electron chi connectivity index (χ4n) is 1.60. The zero-order valence-corrected chi connectivity index (χ0v) is 9.08. The van der Waals surface area contributed by atoms with Crippen molar-refractivity contribution in [2.24, 2.45) is 0 Å². The Kier molecular flexibility index (Phi) is 3.45. The largest absolute Gasteiger partial charge is 0.432 e. The van der Waals surface area contributed by atoms with Gasteiger partial charge in [-0.2, -0.15) is 13.2 Å². The molecule has 96 valence electrons. The Morgan fingerprint density at radius 3 is 1.59 bits per heavy atom. The summed E-state index contributed by atoms with van der Waals surface area (Å²) in [6.07, 6.45) is -9.81. The highest BCUT2D eigenvalue weighted by Crippen LogP contribution is 2.47. The Balaban J connectivity index is 3.43. The summed E-state index contributed by atoms with van der Waals surface area (Å²) in [5, 5.41) is 0. The summed E-state index contributed by atoms with van der Waals surface area (Å²) >= 11 is 0. The van der Waals surface area contributed by atoms with Crippen molar-refractivity contribution in [3.8, 4) is 0 Å². The summed E-state index contributed by atoms with van der Waals surface area (Å²) in [7, 11) is 0. The Bertz CT molecular complexity index is 389. The summed E-state index contributed by atoms with van der Waals surface area (Å²) in [6, 6.07) is 3.05. The molecular weight excluding hydrogens is 246 g/mol. The van der Waals surface area contributed by atoms with Crippen LogP contribution in [-0.4, -0.2) is 12.6 Å². The van der Waals surface area contributed by atoms with Gasteiger partial charge in [0, 0.05) is 5.56 Å². The molecule has 1 aromatic carbocycles. The molecule has 0 heterocycles.